The van der Waals surface area contributed by atoms with Crippen molar-refractivity contribution in [1.82, 2.24) is 0 Å². The van der Waals surface area contributed by atoms with Crippen molar-refractivity contribution in [3.8, 4) is 17.6 Å². The van der Waals surface area contributed by atoms with Crippen LogP contribution < -0.4 is 0 Å². The number of phenols is 1. The van der Waals surface area contributed by atoms with Crippen LogP contribution in [0.2, 0.25) is 5.02 Å². The number of rotatable bonds is 6. The minimum Gasteiger partial charge on any atom is -0.508 e. The molecule has 3 rings (SSSR count). The van der Waals surface area contributed by atoms with Crippen LogP contribution in [0.4, 0.5) is 0 Å². The molecule has 0 radical (unpaired) electrons. The van der Waals surface area contributed by atoms with Crippen molar-refractivity contribution in [3.63, 3.8) is 0 Å². The Kier molecular flexibility index (Phi) is 8.31. The molecule has 2 aromatic carbocycles. The van der Waals surface area contributed by atoms with Crippen molar-refractivity contribution in [1.29, 1.82) is 0 Å². The second-order valence-corrected chi connectivity index (χ2v) is 8.20. The van der Waals surface area contributed by atoms with Gasteiger partial charge in [0.2, 0.25) is 0 Å². The van der Waals surface area contributed by atoms with Crippen LogP contribution in [0.3, 0.4) is 0 Å². The summed E-state index contributed by atoms with van der Waals surface area (Å²) in [6.07, 6.45) is -2.54. The molecule has 0 amide bonds. The highest BCUT2D eigenvalue weighted by Gasteiger charge is 2.52. The summed E-state index contributed by atoms with van der Waals surface area (Å²) in [5.74, 6) is 3.39. The van der Waals surface area contributed by atoms with Crippen molar-refractivity contribution in [2.45, 2.75) is 36.8 Å². The quantitative estimate of drug-likeness (QED) is 0.278. The van der Waals surface area contributed by atoms with Gasteiger partial charge in [-0.05, 0) is 48.0 Å². The molecule has 0 aliphatic heterocycles. The number of aromatic hydroxyl groups is 1. The predicted molar refractivity (Wildman–Crippen MR) is 123 cm³/mol. The van der Waals surface area contributed by atoms with Crippen LogP contribution in [-0.2, 0) is 19.1 Å². The van der Waals surface area contributed by atoms with Gasteiger partial charge in [0.15, 0.2) is 5.60 Å². The first-order valence-corrected chi connectivity index (χ1v) is 10.7. The van der Waals surface area contributed by atoms with Gasteiger partial charge in [0.05, 0.1) is 6.10 Å². The number of carboxylic acids is 1. The first kappa shape index (κ1) is 25.3. The number of aliphatic carboxylic acids is 1. The van der Waals surface area contributed by atoms with Gasteiger partial charge in [-0.3, -0.25) is 0 Å². The van der Waals surface area contributed by atoms with Gasteiger partial charge in [-0.2, -0.15) is 0 Å². The lowest BCUT2D eigenvalue weighted by molar-refractivity contribution is -0.204. The first-order chi connectivity index (χ1) is 16.2. The highest BCUT2D eigenvalue weighted by molar-refractivity contribution is 6.30. The third-order valence-corrected chi connectivity index (χ3v) is 5.56. The zero-order chi connectivity index (χ0) is 24.7. The average molecular weight is 487 g/mol. The van der Waals surface area contributed by atoms with Crippen LogP contribution in [0.5, 0.6) is 5.75 Å². The Morgan fingerprint density at radius 1 is 1.09 bits per heavy atom. The van der Waals surface area contributed by atoms with Gasteiger partial charge < -0.3 is 29.9 Å². The van der Waals surface area contributed by atoms with Crippen molar-refractivity contribution < 1.29 is 39.5 Å². The first-order valence-electron chi connectivity index (χ1n) is 10.3. The summed E-state index contributed by atoms with van der Waals surface area (Å²) in [5.41, 5.74) is -0.635. The second kappa shape index (κ2) is 11.2. The highest BCUT2D eigenvalue weighted by Crippen LogP contribution is 2.34. The van der Waals surface area contributed by atoms with E-state index in [2.05, 4.69) is 11.8 Å². The Balaban J connectivity index is 1.67. The van der Waals surface area contributed by atoms with E-state index < -0.39 is 42.3 Å². The van der Waals surface area contributed by atoms with Gasteiger partial charge in [-0.25, -0.2) is 9.59 Å². The van der Waals surface area contributed by atoms with Gasteiger partial charge in [-0.15, -0.1) is 0 Å². The van der Waals surface area contributed by atoms with E-state index >= 15 is 0 Å². The van der Waals surface area contributed by atoms with E-state index in [1.807, 2.05) is 0 Å². The largest absolute Gasteiger partial charge is 0.508 e. The van der Waals surface area contributed by atoms with Crippen LogP contribution in [0, 0.1) is 11.8 Å². The molecule has 2 aromatic rings. The topological polar surface area (TPSA) is 134 Å². The maximum atomic E-state index is 12.3. The fourth-order valence-corrected chi connectivity index (χ4v) is 3.61. The van der Waals surface area contributed by atoms with E-state index in [1.54, 1.807) is 36.4 Å². The van der Waals surface area contributed by atoms with E-state index in [-0.39, 0.29) is 18.8 Å². The third kappa shape index (κ3) is 6.59. The molecule has 1 aliphatic rings. The number of benzene rings is 2. The fourth-order valence-electron chi connectivity index (χ4n) is 3.48. The minimum atomic E-state index is -1.90. The zero-order valence-corrected chi connectivity index (χ0v) is 18.7. The van der Waals surface area contributed by atoms with E-state index in [0.717, 1.165) is 6.08 Å². The zero-order valence-electron chi connectivity index (χ0n) is 17.9. The lowest BCUT2D eigenvalue weighted by Gasteiger charge is -2.41. The Hall–Kier alpha value is -3.35. The van der Waals surface area contributed by atoms with Gasteiger partial charge in [-0.1, -0.05) is 35.6 Å². The number of carbonyl (C=O) groups is 2. The summed E-state index contributed by atoms with van der Waals surface area (Å²) < 4.78 is 10.8. The van der Waals surface area contributed by atoms with Crippen molar-refractivity contribution >= 4 is 29.6 Å². The molecular formula is C25H23ClO8. The number of hydrogen-bond donors (Lipinski definition) is 4. The number of carbonyl (C=O) groups excluding carboxylic acids is 1. The molecule has 8 nitrogen and oxygen atoms in total. The summed E-state index contributed by atoms with van der Waals surface area (Å²) in [6.45, 7) is -0.265. The molecule has 0 unspecified atom stereocenters. The molecule has 1 aliphatic carbocycles. The summed E-state index contributed by atoms with van der Waals surface area (Å²) in [5, 5.41) is 40.2. The van der Waals surface area contributed by atoms with Gasteiger partial charge >= 0.3 is 11.9 Å². The number of aliphatic hydroxyl groups is 2. The standard InChI is InChI=1S/C25H23ClO8/c26-18-8-3-16(4-9-18)2-1-13-33-25(24(31)32)14-20(28)23(30)21(15-25)34-22(29)12-7-17-5-10-19(27)11-6-17/h3-12,20-21,23,27-28,30H,13-15H2,(H,31,32)/t20-,21+,23+,25-/m0/s1. The van der Waals surface area contributed by atoms with Crippen LogP contribution in [0.25, 0.3) is 6.08 Å². The number of esters is 1. The van der Waals surface area contributed by atoms with Gasteiger partial charge in [0.1, 0.15) is 24.6 Å². The Morgan fingerprint density at radius 3 is 2.41 bits per heavy atom. The van der Waals surface area contributed by atoms with Crippen LogP contribution in [-0.4, -0.2) is 62.9 Å². The molecule has 1 saturated carbocycles. The number of halogens is 1. The molecule has 4 N–H and O–H groups in total. The molecule has 0 spiro atoms. The molecule has 0 bridgehead atoms. The maximum Gasteiger partial charge on any atom is 0.336 e. The van der Waals surface area contributed by atoms with Gasteiger partial charge in [0.25, 0.3) is 0 Å². The SMILES string of the molecule is O=C(C=Cc1ccc(O)cc1)O[C@@H]1C[C@](OCC#Cc2ccc(Cl)cc2)(C(=O)O)C[C@H](O)[C@H]1O. The molecule has 4 atom stereocenters. The number of carboxylic acid groups (broad SMARTS) is 1. The smallest absolute Gasteiger partial charge is 0.336 e. The van der Waals surface area contributed by atoms with Crippen LogP contribution in [0.15, 0.2) is 54.6 Å². The monoisotopic (exact) mass is 486 g/mol. The molecule has 0 aromatic heterocycles. The Bertz CT molecular complexity index is 1100. The predicted octanol–water partition coefficient (Wildman–Crippen LogP) is 2.38. The number of ether oxygens (including phenoxy) is 2. The minimum absolute atomic E-state index is 0.0712. The molecule has 9 heteroatoms. The maximum absolute atomic E-state index is 12.3. The van der Waals surface area contributed by atoms with E-state index in [0.29, 0.717) is 16.1 Å². The second-order valence-electron chi connectivity index (χ2n) is 7.76. The number of phenolic OH excluding ortho intramolecular Hbond substituents is 1. The van der Waals surface area contributed by atoms with Crippen molar-refractivity contribution in [2.24, 2.45) is 0 Å². The number of hydrogen-bond acceptors (Lipinski definition) is 7. The fraction of sp³-hybridized carbons (Fsp3) is 0.280. The van der Waals surface area contributed by atoms with Crippen LogP contribution >= 0.6 is 11.6 Å². The van der Waals surface area contributed by atoms with Crippen LogP contribution in [0.1, 0.15) is 24.0 Å². The lowest BCUT2D eigenvalue weighted by Crippen LogP contribution is -2.58. The molecular weight excluding hydrogens is 464 g/mol. The summed E-state index contributed by atoms with van der Waals surface area (Å²) in [6, 6.07) is 12.8. The molecule has 34 heavy (non-hydrogen) atoms. The molecule has 1 fully saturated rings. The lowest BCUT2D eigenvalue weighted by atomic mass is 9.79. The average Bonchev–Trinajstić information content (AvgIpc) is 2.80. The van der Waals surface area contributed by atoms with Crippen molar-refractivity contribution in [3.05, 3.63) is 70.8 Å². The summed E-state index contributed by atoms with van der Waals surface area (Å²) in [7, 11) is 0. The van der Waals surface area contributed by atoms with E-state index in [9.17, 15) is 30.0 Å². The third-order valence-electron chi connectivity index (χ3n) is 5.30. The van der Waals surface area contributed by atoms with Gasteiger partial charge in [0, 0.05) is 29.5 Å². The molecule has 0 heterocycles. The van der Waals surface area contributed by atoms with E-state index in [1.165, 1.54) is 18.2 Å². The van der Waals surface area contributed by atoms with Crippen molar-refractivity contribution in [2.75, 3.05) is 6.61 Å². The summed E-state index contributed by atoms with van der Waals surface area (Å²) in [4.78, 5) is 24.3. The number of aliphatic hydroxyl groups excluding tert-OH is 2. The molecule has 178 valence electrons. The Morgan fingerprint density at radius 2 is 1.76 bits per heavy atom. The summed E-state index contributed by atoms with van der Waals surface area (Å²) >= 11 is 5.83. The Labute approximate surface area is 201 Å². The normalized spacial score (nSPS) is 24.3. The highest BCUT2D eigenvalue weighted by atomic mass is 35.5. The molecule has 0 saturated heterocycles. The van der Waals surface area contributed by atoms with E-state index in [4.69, 9.17) is 21.1 Å².